The van der Waals surface area contributed by atoms with Crippen molar-refractivity contribution in [3.8, 4) is 11.4 Å². The maximum atomic E-state index is 11.9. The molecule has 1 unspecified atom stereocenters. The Kier molecular flexibility index (Phi) is 5.37. The number of aromatic nitrogens is 4. The fraction of sp³-hybridized carbons (Fsp3) is 0.467. The number of benzene rings is 1. The second kappa shape index (κ2) is 7.69. The van der Waals surface area contributed by atoms with Crippen LogP contribution in [0, 0.1) is 6.57 Å². The number of ether oxygens (including phenoxy) is 1. The molecule has 0 radical (unpaired) electrons. The number of rotatable bonds is 6. The van der Waals surface area contributed by atoms with Crippen molar-refractivity contribution in [2.75, 3.05) is 13.3 Å². The van der Waals surface area contributed by atoms with Gasteiger partial charge in [-0.1, -0.05) is 0 Å². The molecular formula is C15H18N6O3S. The minimum atomic E-state index is -3.68. The minimum absolute atomic E-state index is 0.0860. The first-order chi connectivity index (χ1) is 12.1. The molecule has 1 aliphatic heterocycles. The van der Waals surface area contributed by atoms with E-state index in [-0.39, 0.29) is 17.7 Å². The van der Waals surface area contributed by atoms with E-state index < -0.39 is 10.0 Å². The molecule has 0 amide bonds. The van der Waals surface area contributed by atoms with Gasteiger partial charge in [-0.05, 0) is 48.7 Å². The zero-order chi connectivity index (χ0) is 17.7. The van der Waals surface area contributed by atoms with Crippen molar-refractivity contribution in [1.82, 2.24) is 24.9 Å². The first-order valence-corrected chi connectivity index (χ1v) is 9.39. The molecule has 3 rings (SSSR count). The molecule has 1 aromatic heterocycles. The zero-order valence-corrected chi connectivity index (χ0v) is 14.3. The highest BCUT2D eigenvalue weighted by atomic mass is 32.2. The molecule has 10 heteroatoms. The van der Waals surface area contributed by atoms with Crippen molar-refractivity contribution in [2.45, 2.75) is 36.8 Å². The van der Waals surface area contributed by atoms with E-state index >= 15 is 0 Å². The summed E-state index contributed by atoms with van der Waals surface area (Å²) in [6.07, 6.45) is 3.33. The number of hydrogen-bond acceptors (Lipinski definition) is 6. The van der Waals surface area contributed by atoms with Gasteiger partial charge in [0.05, 0.1) is 17.5 Å². The highest BCUT2D eigenvalue weighted by molar-refractivity contribution is 7.89. The molecule has 0 bridgehead atoms. The van der Waals surface area contributed by atoms with Crippen LogP contribution in [0.15, 0.2) is 29.2 Å². The lowest BCUT2D eigenvalue weighted by Gasteiger charge is -2.21. The van der Waals surface area contributed by atoms with E-state index in [0.29, 0.717) is 17.9 Å². The third kappa shape index (κ3) is 4.39. The van der Waals surface area contributed by atoms with Gasteiger partial charge in [0, 0.05) is 12.2 Å². The Bertz CT molecular complexity index is 850. The van der Waals surface area contributed by atoms with E-state index in [0.717, 1.165) is 25.9 Å². The van der Waals surface area contributed by atoms with Gasteiger partial charge in [-0.15, -0.1) is 14.9 Å². The summed E-state index contributed by atoms with van der Waals surface area (Å²) in [4.78, 5) is 4.57. The number of tetrazole rings is 1. The number of nitrogens with zero attached hydrogens (tertiary/aromatic N) is 5. The highest BCUT2D eigenvalue weighted by Crippen LogP contribution is 2.18. The molecule has 2 aromatic rings. The van der Waals surface area contributed by atoms with Gasteiger partial charge in [0.15, 0.2) is 0 Å². The van der Waals surface area contributed by atoms with Crippen LogP contribution in [0.3, 0.4) is 0 Å². The summed E-state index contributed by atoms with van der Waals surface area (Å²) in [7, 11) is -3.68. The van der Waals surface area contributed by atoms with Gasteiger partial charge in [-0.2, -0.15) is 4.80 Å². The lowest BCUT2D eigenvalue weighted by molar-refractivity contribution is 0.00133. The van der Waals surface area contributed by atoms with Crippen LogP contribution in [-0.4, -0.2) is 48.0 Å². The summed E-state index contributed by atoms with van der Waals surface area (Å²) in [6, 6.07) is 6.13. The monoisotopic (exact) mass is 362 g/mol. The van der Waals surface area contributed by atoms with Crippen molar-refractivity contribution in [2.24, 2.45) is 0 Å². The molecule has 9 nitrogen and oxygen atoms in total. The lowest BCUT2D eigenvalue weighted by atomic mass is 10.1. The molecule has 0 saturated carbocycles. The van der Waals surface area contributed by atoms with Gasteiger partial charge in [0.25, 0.3) is 6.67 Å². The Hall–Kier alpha value is -2.35. The maximum absolute atomic E-state index is 11.9. The molecule has 1 aromatic carbocycles. The Balaban J connectivity index is 1.69. The number of sulfonamides is 1. The Morgan fingerprint density at radius 3 is 2.80 bits per heavy atom. The standard InChI is InChI=1S/C15H18N6O3S/c1-16-11-17-25(22,23)14-7-5-12(6-8-14)15-18-20-21(19-15)10-13-4-2-3-9-24-13/h5-8,13,17H,2-4,9-11H2. The summed E-state index contributed by atoms with van der Waals surface area (Å²) >= 11 is 0. The van der Waals surface area contributed by atoms with Crippen LogP contribution in [0.25, 0.3) is 16.2 Å². The molecule has 2 heterocycles. The summed E-state index contributed by atoms with van der Waals surface area (Å²) in [5, 5.41) is 12.4. The Morgan fingerprint density at radius 2 is 2.12 bits per heavy atom. The fourth-order valence-corrected chi connectivity index (χ4v) is 3.45. The van der Waals surface area contributed by atoms with E-state index in [9.17, 15) is 8.42 Å². The van der Waals surface area contributed by atoms with E-state index in [4.69, 9.17) is 11.3 Å². The molecule has 1 N–H and O–H groups in total. The van der Waals surface area contributed by atoms with E-state index in [1.807, 2.05) is 0 Å². The lowest BCUT2D eigenvalue weighted by Crippen LogP contribution is -2.25. The van der Waals surface area contributed by atoms with Crippen LogP contribution in [0.2, 0.25) is 0 Å². The van der Waals surface area contributed by atoms with Gasteiger partial charge in [0.2, 0.25) is 15.8 Å². The van der Waals surface area contributed by atoms with Crippen molar-refractivity contribution < 1.29 is 13.2 Å². The third-order valence-electron chi connectivity index (χ3n) is 3.85. The van der Waals surface area contributed by atoms with E-state index in [2.05, 4.69) is 25.0 Å². The van der Waals surface area contributed by atoms with Crippen LogP contribution in [0.1, 0.15) is 19.3 Å². The molecular weight excluding hydrogens is 344 g/mol. The first kappa shape index (κ1) is 17.5. The molecule has 1 aliphatic rings. The molecule has 1 atom stereocenters. The SMILES string of the molecule is [C-]#[N+]CNS(=O)(=O)c1ccc(-c2nnn(CC3CCCCO3)n2)cc1. The van der Waals surface area contributed by atoms with Crippen molar-refractivity contribution in [1.29, 1.82) is 0 Å². The minimum Gasteiger partial charge on any atom is -0.376 e. The van der Waals surface area contributed by atoms with Crippen molar-refractivity contribution in [3.63, 3.8) is 0 Å². The first-order valence-electron chi connectivity index (χ1n) is 7.91. The molecule has 132 valence electrons. The molecule has 0 spiro atoms. The largest absolute Gasteiger partial charge is 0.376 e. The van der Waals surface area contributed by atoms with Crippen LogP contribution < -0.4 is 4.72 Å². The smallest absolute Gasteiger partial charge is 0.280 e. The predicted octanol–water partition coefficient (Wildman–Crippen LogP) is 1.06. The van der Waals surface area contributed by atoms with Crippen LogP contribution >= 0.6 is 0 Å². The van der Waals surface area contributed by atoms with E-state index in [1.54, 1.807) is 12.1 Å². The predicted molar refractivity (Wildman–Crippen MR) is 88.6 cm³/mol. The quantitative estimate of drug-likeness (QED) is 0.771. The zero-order valence-electron chi connectivity index (χ0n) is 13.5. The second-order valence-electron chi connectivity index (χ2n) is 5.64. The maximum Gasteiger partial charge on any atom is 0.280 e. The van der Waals surface area contributed by atoms with Crippen LogP contribution in [-0.2, 0) is 21.3 Å². The van der Waals surface area contributed by atoms with Crippen molar-refractivity contribution in [3.05, 3.63) is 35.7 Å². The Morgan fingerprint density at radius 1 is 1.32 bits per heavy atom. The average molecular weight is 362 g/mol. The average Bonchev–Trinajstić information content (AvgIpc) is 3.09. The molecule has 0 aliphatic carbocycles. The van der Waals surface area contributed by atoms with E-state index in [1.165, 1.54) is 16.9 Å². The van der Waals surface area contributed by atoms with Gasteiger partial charge < -0.3 is 4.74 Å². The van der Waals surface area contributed by atoms with Crippen LogP contribution in [0.5, 0.6) is 0 Å². The number of nitrogens with one attached hydrogen (secondary N) is 1. The van der Waals surface area contributed by atoms with Gasteiger partial charge in [0.1, 0.15) is 0 Å². The summed E-state index contributed by atoms with van der Waals surface area (Å²) in [5.41, 5.74) is 0.667. The second-order valence-corrected chi connectivity index (χ2v) is 7.41. The van der Waals surface area contributed by atoms with Gasteiger partial charge in [-0.3, -0.25) is 4.85 Å². The number of hydrogen-bond donors (Lipinski definition) is 1. The van der Waals surface area contributed by atoms with Gasteiger partial charge in [-0.25, -0.2) is 15.0 Å². The molecule has 25 heavy (non-hydrogen) atoms. The third-order valence-corrected chi connectivity index (χ3v) is 5.25. The highest BCUT2D eigenvalue weighted by Gasteiger charge is 2.17. The fourth-order valence-electron chi connectivity index (χ4n) is 2.55. The normalized spacial score (nSPS) is 18.0. The Labute approximate surface area is 145 Å². The summed E-state index contributed by atoms with van der Waals surface area (Å²) < 4.78 is 31.7. The summed E-state index contributed by atoms with van der Waals surface area (Å²) in [6.45, 7) is 7.68. The van der Waals surface area contributed by atoms with Gasteiger partial charge >= 0.3 is 0 Å². The topological polar surface area (TPSA) is 103 Å². The summed E-state index contributed by atoms with van der Waals surface area (Å²) in [5.74, 6) is 0.425. The van der Waals surface area contributed by atoms with Crippen LogP contribution in [0.4, 0.5) is 0 Å². The molecule has 1 saturated heterocycles. The molecule has 1 fully saturated rings. The van der Waals surface area contributed by atoms with Crippen molar-refractivity contribution >= 4 is 10.0 Å².